The Kier molecular flexibility index (Phi) is 9.05. The van der Waals surface area contributed by atoms with Crippen molar-refractivity contribution < 1.29 is 18.0 Å². The second kappa shape index (κ2) is 11.8. The summed E-state index contributed by atoms with van der Waals surface area (Å²) < 4.78 is 38.1. The summed E-state index contributed by atoms with van der Waals surface area (Å²) in [6.45, 7) is 8.09. The highest BCUT2D eigenvalue weighted by Crippen LogP contribution is 2.30. The molecule has 2 aliphatic heterocycles. The minimum atomic E-state index is -4.32. The highest BCUT2D eigenvalue weighted by atomic mass is 19.4. The summed E-state index contributed by atoms with van der Waals surface area (Å²) in [4.78, 5) is 19.4. The number of piperidine rings is 1. The van der Waals surface area contributed by atoms with Crippen molar-refractivity contribution >= 4 is 17.3 Å². The fourth-order valence-electron chi connectivity index (χ4n) is 4.66. The number of hydrogen-bond acceptors (Lipinski definition) is 4. The van der Waals surface area contributed by atoms with Crippen molar-refractivity contribution in [3.8, 4) is 0 Å². The SMILES string of the molecule is C.Cc1ccc(N2CCN(CCC(=O)N3CCC(Nc4ccc(C(F)(F)F)cc4)CC3)CC2)cc1. The molecular weight excluding hydrogens is 453 g/mol. The second-order valence-electron chi connectivity index (χ2n) is 9.29. The maximum atomic E-state index is 12.7. The first-order chi connectivity index (χ1) is 16.3. The summed E-state index contributed by atoms with van der Waals surface area (Å²) in [6.07, 6.45) is -2.20. The van der Waals surface area contributed by atoms with Gasteiger partial charge in [-0.15, -0.1) is 0 Å². The van der Waals surface area contributed by atoms with Crippen LogP contribution in [-0.2, 0) is 11.0 Å². The first-order valence-electron chi connectivity index (χ1n) is 12.0. The molecule has 35 heavy (non-hydrogen) atoms. The molecule has 0 atom stereocenters. The molecule has 5 nitrogen and oxygen atoms in total. The molecule has 2 aromatic rings. The Labute approximate surface area is 206 Å². The molecule has 0 aromatic heterocycles. The summed E-state index contributed by atoms with van der Waals surface area (Å²) >= 11 is 0. The van der Waals surface area contributed by atoms with Crippen molar-refractivity contribution in [3.05, 3.63) is 59.7 Å². The molecule has 192 valence electrons. The smallest absolute Gasteiger partial charge is 0.382 e. The van der Waals surface area contributed by atoms with Crippen LogP contribution in [0.2, 0.25) is 0 Å². The van der Waals surface area contributed by atoms with Crippen LogP contribution in [0.5, 0.6) is 0 Å². The molecule has 1 amide bonds. The highest BCUT2D eigenvalue weighted by Gasteiger charge is 2.30. The number of anilines is 2. The lowest BCUT2D eigenvalue weighted by atomic mass is 10.0. The summed E-state index contributed by atoms with van der Waals surface area (Å²) in [5.41, 5.74) is 2.56. The van der Waals surface area contributed by atoms with Crippen LogP contribution in [0.1, 0.15) is 37.8 Å². The van der Waals surface area contributed by atoms with E-state index in [1.165, 1.54) is 23.4 Å². The number of aryl methyl sites for hydroxylation is 1. The lowest BCUT2D eigenvalue weighted by Crippen LogP contribution is -2.48. The molecule has 0 unspecified atom stereocenters. The first kappa shape index (κ1) is 26.9. The van der Waals surface area contributed by atoms with Crippen LogP contribution < -0.4 is 10.2 Å². The minimum Gasteiger partial charge on any atom is -0.382 e. The van der Waals surface area contributed by atoms with Gasteiger partial charge in [-0.3, -0.25) is 9.69 Å². The van der Waals surface area contributed by atoms with Crippen LogP contribution in [0.25, 0.3) is 0 Å². The highest BCUT2D eigenvalue weighted by molar-refractivity contribution is 5.76. The van der Waals surface area contributed by atoms with E-state index in [1.54, 1.807) is 0 Å². The number of nitrogens with zero attached hydrogens (tertiary/aromatic N) is 3. The number of piperazine rings is 1. The van der Waals surface area contributed by atoms with Crippen molar-refractivity contribution in [2.75, 3.05) is 56.0 Å². The number of benzene rings is 2. The normalized spacial score (nSPS) is 17.7. The van der Waals surface area contributed by atoms with Gasteiger partial charge in [0.05, 0.1) is 5.56 Å². The van der Waals surface area contributed by atoms with Gasteiger partial charge in [0, 0.05) is 69.7 Å². The maximum Gasteiger partial charge on any atom is 0.416 e. The van der Waals surface area contributed by atoms with E-state index < -0.39 is 11.7 Å². The standard InChI is InChI=1S/C26H33F3N4O.CH4/c1-20-2-8-24(9-3-20)32-18-16-31(17-19-32)13-12-25(34)33-14-10-23(11-15-33)30-22-6-4-21(5-7-22)26(27,28)29;/h2-9,23,30H,10-19H2,1H3;1H4. The Bertz CT molecular complexity index is 930. The Morgan fingerprint density at radius 3 is 2.09 bits per heavy atom. The lowest BCUT2D eigenvalue weighted by molar-refractivity contribution is -0.137. The van der Waals surface area contributed by atoms with E-state index in [-0.39, 0.29) is 19.4 Å². The van der Waals surface area contributed by atoms with Gasteiger partial charge in [0.1, 0.15) is 0 Å². The third-order valence-corrected chi connectivity index (χ3v) is 6.84. The third kappa shape index (κ3) is 7.37. The molecule has 0 bridgehead atoms. The van der Waals surface area contributed by atoms with Crippen LogP contribution in [0.4, 0.5) is 24.5 Å². The van der Waals surface area contributed by atoms with E-state index in [4.69, 9.17) is 0 Å². The fourth-order valence-corrected chi connectivity index (χ4v) is 4.66. The van der Waals surface area contributed by atoms with Crippen LogP contribution in [0.3, 0.4) is 0 Å². The predicted octanol–water partition coefficient (Wildman–Crippen LogP) is 5.27. The van der Waals surface area contributed by atoms with Crippen LogP contribution in [0, 0.1) is 6.92 Å². The van der Waals surface area contributed by atoms with Gasteiger partial charge >= 0.3 is 6.18 Å². The maximum absolute atomic E-state index is 12.7. The zero-order valence-electron chi connectivity index (χ0n) is 19.7. The van der Waals surface area contributed by atoms with E-state index in [9.17, 15) is 18.0 Å². The zero-order valence-corrected chi connectivity index (χ0v) is 19.7. The number of rotatable bonds is 6. The Morgan fingerprint density at radius 1 is 0.914 bits per heavy atom. The molecule has 0 radical (unpaired) electrons. The van der Waals surface area contributed by atoms with E-state index >= 15 is 0 Å². The number of hydrogen-bond donors (Lipinski definition) is 1. The molecule has 1 N–H and O–H groups in total. The number of carbonyl (C=O) groups is 1. The van der Waals surface area contributed by atoms with Crippen molar-refractivity contribution in [2.24, 2.45) is 0 Å². The molecule has 2 aromatic carbocycles. The topological polar surface area (TPSA) is 38.8 Å². The summed E-state index contributed by atoms with van der Waals surface area (Å²) in [6, 6.07) is 13.9. The summed E-state index contributed by atoms with van der Waals surface area (Å²) in [5.74, 6) is 0.189. The van der Waals surface area contributed by atoms with Crippen LogP contribution >= 0.6 is 0 Å². The van der Waals surface area contributed by atoms with Gasteiger partial charge < -0.3 is 15.1 Å². The Balaban J connectivity index is 0.00000342. The molecule has 0 spiro atoms. The molecular formula is C27H37F3N4O. The Hall–Kier alpha value is -2.74. The van der Waals surface area contributed by atoms with Gasteiger partial charge in [0.25, 0.3) is 0 Å². The van der Waals surface area contributed by atoms with Crippen molar-refractivity contribution in [1.82, 2.24) is 9.80 Å². The largest absolute Gasteiger partial charge is 0.416 e. The zero-order chi connectivity index (χ0) is 24.1. The van der Waals surface area contributed by atoms with E-state index in [0.29, 0.717) is 25.2 Å². The second-order valence-corrected chi connectivity index (χ2v) is 9.29. The van der Waals surface area contributed by atoms with E-state index in [2.05, 4.69) is 46.3 Å². The molecule has 0 saturated carbocycles. The van der Waals surface area contributed by atoms with E-state index in [0.717, 1.165) is 57.7 Å². The van der Waals surface area contributed by atoms with Gasteiger partial charge in [0.15, 0.2) is 0 Å². The summed E-state index contributed by atoms with van der Waals surface area (Å²) in [7, 11) is 0. The third-order valence-electron chi connectivity index (χ3n) is 6.84. The molecule has 2 aliphatic rings. The average molecular weight is 491 g/mol. The Morgan fingerprint density at radius 2 is 1.51 bits per heavy atom. The van der Waals surface area contributed by atoms with Gasteiger partial charge in [-0.25, -0.2) is 0 Å². The van der Waals surface area contributed by atoms with Crippen LogP contribution in [0.15, 0.2) is 48.5 Å². The van der Waals surface area contributed by atoms with Crippen molar-refractivity contribution in [3.63, 3.8) is 0 Å². The molecule has 2 saturated heterocycles. The number of halogens is 3. The quantitative estimate of drug-likeness (QED) is 0.599. The molecule has 2 fully saturated rings. The fraction of sp³-hybridized carbons (Fsp3) is 0.519. The first-order valence-corrected chi connectivity index (χ1v) is 12.0. The molecule has 4 rings (SSSR count). The van der Waals surface area contributed by atoms with Gasteiger partial charge in [-0.1, -0.05) is 25.1 Å². The van der Waals surface area contributed by atoms with E-state index in [1.807, 2.05) is 4.90 Å². The number of alkyl halides is 3. The van der Waals surface area contributed by atoms with Gasteiger partial charge in [-0.2, -0.15) is 13.2 Å². The summed E-state index contributed by atoms with van der Waals surface area (Å²) in [5, 5.41) is 3.31. The number of likely N-dealkylation sites (tertiary alicyclic amines) is 1. The number of nitrogens with one attached hydrogen (secondary N) is 1. The minimum absolute atomic E-state index is 0. The van der Waals surface area contributed by atoms with Gasteiger partial charge in [-0.05, 0) is 56.2 Å². The van der Waals surface area contributed by atoms with Crippen molar-refractivity contribution in [2.45, 2.75) is 45.8 Å². The number of carbonyl (C=O) groups excluding carboxylic acids is 1. The lowest BCUT2D eigenvalue weighted by Gasteiger charge is -2.37. The van der Waals surface area contributed by atoms with Crippen LogP contribution in [-0.4, -0.2) is 67.6 Å². The van der Waals surface area contributed by atoms with Gasteiger partial charge in [0.2, 0.25) is 5.91 Å². The number of amides is 1. The molecule has 2 heterocycles. The monoisotopic (exact) mass is 490 g/mol. The molecule has 8 heteroatoms. The van der Waals surface area contributed by atoms with Crippen molar-refractivity contribution in [1.29, 1.82) is 0 Å². The average Bonchev–Trinajstić information content (AvgIpc) is 2.84. The molecule has 0 aliphatic carbocycles. The predicted molar refractivity (Wildman–Crippen MR) is 136 cm³/mol.